The Morgan fingerprint density at radius 1 is 1.29 bits per heavy atom. The summed E-state index contributed by atoms with van der Waals surface area (Å²) in [6, 6.07) is 10.0. The Morgan fingerprint density at radius 2 is 2.14 bits per heavy atom. The maximum absolute atomic E-state index is 12.5. The summed E-state index contributed by atoms with van der Waals surface area (Å²) in [7, 11) is 0. The van der Waals surface area contributed by atoms with Gasteiger partial charge in [-0.15, -0.1) is 0 Å². The van der Waals surface area contributed by atoms with Crippen molar-refractivity contribution in [3.8, 4) is 0 Å². The van der Waals surface area contributed by atoms with Crippen LogP contribution in [-0.2, 0) is 6.42 Å². The van der Waals surface area contributed by atoms with Crippen LogP contribution in [0.25, 0.3) is 0 Å². The lowest BCUT2D eigenvalue weighted by molar-refractivity contribution is 0.0933. The summed E-state index contributed by atoms with van der Waals surface area (Å²) in [6.45, 7) is 0. The van der Waals surface area contributed by atoms with Gasteiger partial charge in [-0.05, 0) is 36.5 Å². The van der Waals surface area contributed by atoms with Crippen molar-refractivity contribution in [2.24, 2.45) is 5.84 Å². The van der Waals surface area contributed by atoms with Gasteiger partial charge < -0.3 is 10.7 Å². The Balaban J connectivity index is 1.83. The molecule has 1 aromatic heterocycles. The van der Waals surface area contributed by atoms with E-state index in [0.717, 1.165) is 19.3 Å². The molecular formula is C16H18N4O. The molecule has 1 amide bonds. The third kappa shape index (κ3) is 2.73. The average Bonchev–Trinajstić information content (AvgIpc) is 2.55. The van der Waals surface area contributed by atoms with E-state index in [4.69, 9.17) is 5.84 Å². The lowest BCUT2D eigenvalue weighted by Gasteiger charge is -2.26. The molecule has 5 nitrogen and oxygen atoms in total. The van der Waals surface area contributed by atoms with E-state index in [0.29, 0.717) is 11.3 Å². The summed E-state index contributed by atoms with van der Waals surface area (Å²) in [5.74, 6) is 5.29. The molecule has 1 heterocycles. The van der Waals surface area contributed by atoms with Crippen molar-refractivity contribution < 1.29 is 4.79 Å². The number of carbonyl (C=O) groups excluding carboxylic acids is 1. The van der Waals surface area contributed by atoms with Gasteiger partial charge >= 0.3 is 0 Å². The first-order valence-electron chi connectivity index (χ1n) is 7.09. The van der Waals surface area contributed by atoms with Crippen LogP contribution in [0.4, 0.5) is 5.69 Å². The Hall–Kier alpha value is -2.40. The van der Waals surface area contributed by atoms with Gasteiger partial charge in [0.15, 0.2) is 0 Å². The first kappa shape index (κ1) is 13.6. The second kappa shape index (κ2) is 5.93. The van der Waals surface area contributed by atoms with Gasteiger partial charge in [-0.3, -0.25) is 15.6 Å². The topological polar surface area (TPSA) is 80.0 Å². The Labute approximate surface area is 123 Å². The number of hydrazine groups is 1. The number of carbonyl (C=O) groups is 1. The summed E-state index contributed by atoms with van der Waals surface area (Å²) < 4.78 is 0. The second-order valence-corrected chi connectivity index (χ2v) is 5.18. The van der Waals surface area contributed by atoms with Crippen LogP contribution in [0.5, 0.6) is 0 Å². The Kier molecular flexibility index (Phi) is 3.83. The monoisotopic (exact) mass is 282 g/mol. The summed E-state index contributed by atoms with van der Waals surface area (Å²) in [4.78, 5) is 16.5. The minimum Gasteiger partial charge on any atom is -0.345 e. The van der Waals surface area contributed by atoms with E-state index in [1.165, 1.54) is 17.3 Å². The summed E-state index contributed by atoms with van der Waals surface area (Å²) in [5.41, 5.74) is 6.10. The molecule has 2 aromatic rings. The molecule has 1 unspecified atom stereocenters. The van der Waals surface area contributed by atoms with Crippen molar-refractivity contribution in [3.05, 3.63) is 59.4 Å². The van der Waals surface area contributed by atoms with Gasteiger partial charge in [-0.1, -0.05) is 24.3 Å². The van der Waals surface area contributed by atoms with Crippen LogP contribution in [0.1, 0.15) is 40.4 Å². The number of pyridine rings is 1. The van der Waals surface area contributed by atoms with Gasteiger partial charge in [-0.25, -0.2) is 0 Å². The molecule has 1 atom stereocenters. The lowest BCUT2D eigenvalue weighted by atomic mass is 9.87. The molecule has 0 saturated carbocycles. The van der Waals surface area contributed by atoms with Crippen molar-refractivity contribution in [2.45, 2.75) is 25.3 Å². The number of rotatable bonds is 3. The normalized spacial score (nSPS) is 16.9. The van der Waals surface area contributed by atoms with Crippen molar-refractivity contribution in [3.63, 3.8) is 0 Å². The molecule has 0 spiro atoms. The van der Waals surface area contributed by atoms with Crippen LogP contribution in [0.15, 0.2) is 42.7 Å². The number of aromatic nitrogens is 1. The summed E-state index contributed by atoms with van der Waals surface area (Å²) in [6.07, 6.45) is 6.23. The van der Waals surface area contributed by atoms with Gasteiger partial charge in [0.25, 0.3) is 5.91 Å². The fourth-order valence-corrected chi connectivity index (χ4v) is 2.84. The third-order valence-corrected chi connectivity index (χ3v) is 3.90. The number of fused-ring (bicyclic) bond motifs is 1. The standard InChI is InChI=1S/C16H18N4O/c17-20-15-8-9-18-10-13(15)16(21)19-14-7-3-5-11-4-1-2-6-12(11)14/h1-2,4,6,8-10,14H,3,5,7,17H2,(H,18,20)(H,19,21). The van der Waals surface area contributed by atoms with Crippen LogP contribution >= 0.6 is 0 Å². The number of nitrogens with one attached hydrogen (secondary N) is 2. The minimum atomic E-state index is -0.155. The zero-order chi connectivity index (χ0) is 14.7. The minimum absolute atomic E-state index is 0.0493. The van der Waals surface area contributed by atoms with E-state index >= 15 is 0 Å². The highest BCUT2D eigenvalue weighted by molar-refractivity contribution is 5.99. The average molecular weight is 282 g/mol. The quantitative estimate of drug-likeness (QED) is 0.595. The van der Waals surface area contributed by atoms with E-state index in [1.54, 1.807) is 12.3 Å². The molecule has 5 heteroatoms. The number of hydrogen-bond acceptors (Lipinski definition) is 4. The van der Waals surface area contributed by atoms with Gasteiger partial charge in [0, 0.05) is 12.4 Å². The maximum atomic E-state index is 12.5. The molecule has 0 bridgehead atoms. The van der Waals surface area contributed by atoms with Crippen molar-refractivity contribution >= 4 is 11.6 Å². The van der Waals surface area contributed by atoms with Crippen molar-refractivity contribution in [2.75, 3.05) is 5.43 Å². The van der Waals surface area contributed by atoms with Crippen molar-refractivity contribution in [1.82, 2.24) is 10.3 Å². The number of nitrogen functional groups attached to an aromatic ring is 1. The molecule has 1 aromatic carbocycles. The predicted octanol–water partition coefficient (Wildman–Crippen LogP) is 2.17. The maximum Gasteiger partial charge on any atom is 0.255 e. The van der Waals surface area contributed by atoms with Gasteiger partial charge in [0.1, 0.15) is 0 Å². The fourth-order valence-electron chi connectivity index (χ4n) is 2.84. The van der Waals surface area contributed by atoms with Gasteiger partial charge in [0.2, 0.25) is 0 Å². The molecule has 0 aliphatic heterocycles. The molecule has 108 valence electrons. The molecular weight excluding hydrogens is 264 g/mol. The molecule has 1 aliphatic carbocycles. The number of anilines is 1. The first-order valence-corrected chi connectivity index (χ1v) is 7.09. The summed E-state index contributed by atoms with van der Waals surface area (Å²) in [5, 5.41) is 3.09. The molecule has 3 rings (SSSR count). The Morgan fingerprint density at radius 3 is 3.00 bits per heavy atom. The molecule has 4 N–H and O–H groups in total. The zero-order valence-corrected chi connectivity index (χ0v) is 11.7. The molecule has 0 fully saturated rings. The zero-order valence-electron chi connectivity index (χ0n) is 11.7. The number of benzene rings is 1. The highest BCUT2D eigenvalue weighted by atomic mass is 16.1. The van der Waals surface area contributed by atoms with E-state index in [9.17, 15) is 4.79 Å². The lowest BCUT2D eigenvalue weighted by Crippen LogP contribution is -2.31. The largest absolute Gasteiger partial charge is 0.345 e. The Bertz CT molecular complexity index is 656. The van der Waals surface area contributed by atoms with Crippen molar-refractivity contribution in [1.29, 1.82) is 0 Å². The highest BCUT2D eigenvalue weighted by Crippen LogP contribution is 2.29. The smallest absolute Gasteiger partial charge is 0.255 e. The summed E-state index contributed by atoms with van der Waals surface area (Å²) >= 11 is 0. The fraction of sp³-hybridized carbons (Fsp3) is 0.250. The van der Waals surface area contributed by atoms with E-state index in [1.807, 2.05) is 12.1 Å². The van der Waals surface area contributed by atoms with Crippen LogP contribution in [0, 0.1) is 0 Å². The third-order valence-electron chi connectivity index (χ3n) is 3.90. The number of amides is 1. The predicted molar refractivity (Wildman–Crippen MR) is 81.6 cm³/mol. The number of aryl methyl sites for hydroxylation is 1. The van der Waals surface area contributed by atoms with E-state index in [-0.39, 0.29) is 11.9 Å². The first-order chi connectivity index (χ1) is 10.3. The van der Waals surface area contributed by atoms with Gasteiger partial charge in [0.05, 0.1) is 17.3 Å². The molecule has 1 aliphatic rings. The van der Waals surface area contributed by atoms with E-state index < -0.39 is 0 Å². The van der Waals surface area contributed by atoms with Crippen LogP contribution in [0.2, 0.25) is 0 Å². The van der Waals surface area contributed by atoms with Gasteiger partial charge in [-0.2, -0.15) is 0 Å². The molecule has 21 heavy (non-hydrogen) atoms. The van der Waals surface area contributed by atoms with Crippen LogP contribution in [-0.4, -0.2) is 10.9 Å². The highest BCUT2D eigenvalue weighted by Gasteiger charge is 2.22. The number of nitrogens with zero attached hydrogens (tertiary/aromatic N) is 1. The SMILES string of the molecule is NNc1ccncc1C(=O)NC1CCCc2ccccc21. The number of nitrogens with two attached hydrogens (primary N) is 1. The van der Waals surface area contributed by atoms with E-state index in [2.05, 4.69) is 27.9 Å². The van der Waals surface area contributed by atoms with Crippen LogP contribution < -0.4 is 16.6 Å². The molecule has 0 saturated heterocycles. The second-order valence-electron chi connectivity index (χ2n) is 5.18. The molecule has 0 radical (unpaired) electrons. The van der Waals surface area contributed by atoms with Crippen LogP contribution in [0.3, 0.4) is 0 Å². The number of hydrogen-bond donors (Lipinski definition) is 3.